The summed E-state index contributed by atoms with van der Waals surface area (Å²) in [7, 11) is -3.08. The van der Waals surface area contributed by atoms with Gasteiger partial charge >= 0.3 is 0 Å². The lowest BCUT2D eigenvalue weighted by Crippen LogP contribution is -2.33. The number of carbonyl (C=O) groups excluding carboxylic acids is 2. The van der Waals surface area contributed by atoms with Crippen molar-refractivity contribution in [2.45, 2.75) is 20.3 Å². The largest absolute Gasteiger partial charge is 0.348 e. The highest BCUT2D eigenvalue weighted by Gasteiger charge is 2.11. The summed E-state index contributed by atoms with van der Waals surface area (Å²) in [6.07, 6.45) is 0.559. The van der Waals surface area contributed by atoms with Gasteiger partial charge in [-0.1, -0.05) is 6.92 Å². The van der Waals surface area contributed by atoms with Crippen LogP contribution in [-0.2, 0) is 19.4 Å². The summed E-state index contributed by atoms with van der Waals surface area (Å²) >= 11 is 0. The molecule has 0 saturated heterocycles. The lowest BCUT2D eigenvalue weighted by Gasteiger charge is -2.03. The fraction of sp³-hybridized carbons (Fsp3) is 0.750. The van der Waals surface area contributed by atoms with Crippen LogP contribution in [0.3, 0.4) is 0 Å². The molecule has 82 valence electrons. The topological polar surface area (TPSA) is 80.3 Å². The summed E-state index contributed by atoms with van der Waals surface area (Å²) in [5.74, 6) is -1.35. The van der Waals surface area contributed by atoms with E-state index in [1.807, 2.05) is 0 Å². The Morgan fingerprint density at radius 1 is 1.21 bits per heavy atom. The highest BCUT2D eigenvalue weighted by Crippen LogP contribution is 1.91. The van der Waals surface area contributed by atoms with Gasteiger partial charge in [0.1, 0.15) is 0 Å². The first-order valence-electron chi connectivity index (χ1n) is 4.38. The molecule has 0 aliphatic heterocycles. The Labute approximate surface area is 83.8 Å². The Bertz CT molecular complexity index is 307. The maximum absolute atomic E-state index is 11.1. The van der Waals surface area contributed by atoms with Crippen molar-refractivity contribution in [1.82, 2.24) is 5.32 Å². The van der Waals surface area contributed by atoms with Gasteiger partial charge in [0, 0.05) is 19.2 Å². The molecule has 5 nitrogen and oxygen atoms in total. The summed E-state index contributed by atoms with van der Waals surface area (Å²) in [4.78, 5) is 21.2. The fourth-order valence-electron chi connectivity index (χ4n) is 0.858. The van der Waals surface area contributed by atoms with Gasteiger partial charge in [-0.15, -0.1) is 0 Å². The summed E-state index contributed by atoms with van der Waals surface area (Å²) in [6, 6.07) is 0. The molecule has 0 unspecified atom stereocenters. The molecule has 0 aliphatic carbocycles. The Balaban J connectivity index is 3.86. The number of sulfone groups is 1. The van der Waals surface area contributed by atoms with Gasteiger partial charge in [0.2, 0.25) is 5.78 Å². The minimum atomic E-state index is -3.08. The molecule has 0 aromatic carbocycles. The van der Waals surface area contributed by atoms with E-state index in [1.165, 1.54) is 0 Å². The highest BCUT2D eigenvalue weighted by atomic mass is 32.2. The Kier molecular flexibility index (Phi) is 5.37. The molecule has 0 aromatic rings. The SMILES string of the molecule is CCCS(=O)(=O)CCNC(=O)C(C)=O. The van der Waals surface area contributed by atoms with Crippen molar-refractivity contribution < 1.29 is 18.0 Å². The van der Waals surface area contributed by atoms with Gasteiger partial charge in [0.05, 0.1) is 5.75 Å². The van der Waals surface area contributed by atoms with Crippen molar-refractivity contribution in [3.05, 3.63) is 0 Å². The lowest BCUT2D eigenvalue weighted by atomic mass is 10.4. The third-order valence-corrected chi connectivity index (χ3v) is 3.39. The van der Waals surface area contributed by atoms with E-state index in [2.05, 4.69) is 5.32 Å². The van der Waals surface area contributed by atoms with Crippen molar-refractivity contribution in [2.24, 2.45) is 0 Å². The maximum Gasteiger partial charge on any atom is 0.287 e. The minimum Gasteiger partial charge on any atom is -0.348 e. The second kappa shape index (κ2) is 5.74. The van der Waals surface area contributed by atoms with Crippen LogP contribution in [0.15, 0.2) is 0 Å². The third kappa shape index (κ3) is 5.69. The summed E-state index contributed by atoms with van der Waals surface area (Å²) < 4.78 is 22.3. The van der Waals surface area contributed by atoms with E-state index in [1.54, 1.807) is 6.92 Å². The predicted molar refractivity (Wildman–Crippen MR) is 52.6 cm³/mol. The smallest absolute Gasteiger partial charge is 0.287 e. The maximum atomic E-state index is 11.1. The van der Waals surface area contributed by atoms with Crippen molar-refractivity contribution in [3.8, 4) is 0 Å². The van der Waals surface area contributed by atoms with Gasteiger partial charge in [0.25, 0.3) is 5.91 Å². The Morgan fingerprint density at radius 2 is 1.79 bits per heavy atom. The van der Waals surface area contributed by atoms with Crippen LogP contribution in [-0.4, -0.2) is 38.2 Å². The van der Waals surface area contributed by atoms with Gasteiger partial charge in [-0.05, 0) is 6.42 Å². The van der Waals surface area contributed by atoms with Gasteiger partial charge in [-0.3, -0.25) is 9.59 Å². The number of nitrogens with one attached hydrogen (secondary N) is 1. The van der Waals surface area contributed by atoms with Gasteiger partial charge in [0.15, 0.2) is 9.84 Å². The zero-order valence-corrected chi connectivity index (χ0v) is 9.19. The Morgan fingerprint density at radius 3 is 2.21 bits per heavy atom. The molecule has 1 amide bonds. The van der Waals surface area contributed by atoms with Gasteiger partial charge in [-0.2, -0.15) is 0 Å². The van der Waals surface area contributed by atoms with Crippen LogP contribution in [0.5, 0.6) is 0 Å². The fourth-order valence-corrected chi connectivity index (χ4v) is 2.10. The number of Topliss-reactive ketones (excluding diaryl/α,β-unsaturated/α-hetero) is 1. The number of hydrogen-bond donors (Lipinski definition) is 1. The summed E-state index contributed by atoms with van der Waals surface area (Å²) in [5.41, 5.74) is 0. The third-order valence-electron chi connectivity index (χ3n) is 1.53. The van der Waals surface area contributed by atoms with Crippen molar-refractivity contribution in [1.29, 1.82) is 0 Å². The molecule has 14 heavy (non-hydrogen) atoms. The Hall–Kier alpha value is -0.910. The van der Waals surface area contributed by atoms with E-state index >= 15 is 0 Å². The molecule has 0 spiro atoms. The molecule has 0 aliphatic rings. The van der Waals surface area contributed by atoms with Crippen LogP contribution < -0.4 is 5.32 Å². The van der Waals surface area contributed by atoms with Crippen LogP contribution in [0.4, 0.5) is 0 Å². The van der Waals surface area contributed by atoms with Crippen molar-refractivity contribution >= 4 is 21.5 Å². The lowest BCUT2D eigenvalue weighted by molar-refractivity contribution is -0.136. The van der Waals surface area contributed by atoms with E-state index in [-0.39, 0.29) is 18.1 Å². The predicted octanol–water partition coefficient (Wildman–Crippen LogP) is -0.484. The second-order valence-corrected chi connectivity index (χ2v) is 5.27. The zero-order chi connectivity index (χ0) is 11.2. The summed E-state index contributed by atoms with van der Waals surface area (Å²) in [6.45, 7) is 2.91. The normalized spacial score (nSPS) is 11.0. The number of hydrogen-bond acceptors (Lipinski definition) is 4. The van der Waals surface area contributed by atoms with Crippen LogP contribution in [0.1, 0.15) is 20.3 Å². The first-order chi connectivity index (χ1) is 6.39. The van der Waals surface area contributed by atoms with Crippen LogP contribution >= 0.6 is 0 Å². The van der Waals surface area contributed by atoms with Gasteiger partial charge in [-0.25, -0.2) is 8.42 Å². The standard InChI is InChI=1S/C8H15NO4S/c1-3-5-14(12,13)6-4-9-8(11)7(2)10/h3-6H2,1-2H3,(H,9,11). The molecule has 0 bridgehead atoms. The molecule has 0 fully saturated rings. The molecule has 0 atom stereocenters. The zero-order valence-electron chi connectivity index (χ0n) is 8.37. The molecular formula is C8H15NO4S. The van der Waals surface area contributed by atoms with E-state index in [0.29, 0.717) is 6.42 Å². The quantitative estimate of drug-likeness (QED) is 0.614. The van der Waals surface area contributed by atoms with Crippen molar-refractivity contribution in [2.75, 3.05) is 18.1 Å². The molecule has 0 aromatic heterocycles. The van der Waals surface area contributed by atoms with Crippen molar-refractivity contribution in [3.63, 3.8) is 0 Å². The number of amides is 1. The molecular weight excluding hydrogens is 206 g/mol. The summed E-state index contributed by atoms with van der Waals surface area (Å²) in [5, 5.41) is 2.23. The molecule has 1 N–H and O–H groups in total. The van der Waals surface area contributed by atoms with Gasteiger partial charge < -0.3 is 5.32 Å². The van der Waals surface area contributed by atoms with E-state index in [0.717, 1.165) is 6.92 Å². The molecule has 0 saturated carbocycles. The number of carbonyl (C=O) groups is 2. The molecule has 0 rings (SSSR count). The monoisotopic (exact) mass is 221 g/mol. The van der Waals surface area contributed by atoms with Crippen LogP contribution in [0, 0.1) is 0 Å². The van der Waals surface area contributed by atoms with E-state index < -0.39 is 21.5 Å². The second-order valence-electron chi connectivity index (χ2n) is 2.96. The molecule has 6 heteroatoms. The average molecular weight is 221 g/mol. The van der Waals surface area contributed by atoms with E-state index in [4.69, 9.17) is 0 Å². The van der Waals surface area contributed by atoms with E-state index in [9.17, 15) is 18.0 Å². The minimum absolute atomic E-state index is 0.000741. The number of ketones is 1. The van der Waals surface area contributed by atoms with Crippen LogP contribution in [0.2, 0.25) is 0 Å². The first kappa shape index (κ1) is 13.1. The number of rotatable bonds is 6. The molecule has 0 radical (unpaired) electrons. The average Bonchev–Trinajstić information content (AvgIpc) is 2.03. The highest BCUT2D eigenvalue weighted by molar-refractivity contribution is 7.91. The van der Waals surface area contributed by atoms with Crippen LogP contribution in [0.25, 0.3) is 0 Å². The first-order valence-corrected chi connectivity index (χ1v) is 6.20. The molecule has 0 heterocycles.